The average Bonchev–Trinajstić information content (AvgIpc) is 3.19. The molecule has 0 aromatic rings. The Hall–Kier alpha value is -0.940. The van der Waals surface area contributed by atoms with Crippen LogP contribution in [0.25, 0.3) is 0 Å². The van der Waals surface area contributed by atoms with Gasteiger partial charge in [0.2, 0.25) is 0 Å². The smallest absolute Gasteiger partial charge is 0.0811 e. The second-order valence-corrected chi connectivity index (χ2v) is 12.9. The molecule has 3 aliphatic carbocycles. The molecule has 0 amide bonds. The number of allylic oxidation sites excluding steroid dienone is 3. The highest BCUT2D eigenvalue weighted by molar-refractivity contribution is 5.38. The van der Waals surface area contributed by atoms with E-state index in [1.807, 2.05) is 6.08 Å². The summed E-state index contributed by atoms with van der Waals surface area (Å²) >= 11 is 0. The standard InChI is InChI=1S/C32H54O4/c1-22-25(20-26(33)21-29(22)34)14-13-24-12-9-19-32(6)27(15-16-28(24)32)23(10-7-17-30(2,3)35)11-8-18-31(4,5)36/h13-14,23,26-29,33-36H,1,7-12,15-21H2,2-6H3/b24-13+,25-14-/t26-,27-,28+,29+,32-/m1/s1/i2D3,3D3/t23-,26-,27-,28+,29+,32-. The molecule has 3 fully saturated rings. The van der Waals surface area contributed by atoms with Gasteiger partial charge in [-0.15, -0.1) is 0 Å². The molecule has 3 aliphatic rings. The van der Waals surface area contributed by atoms with E-state index in [0.29, 0.717) is 49.5 Å². The third-order valence-corrected chi connectivity index (χ3v) is 9.35. The summed E-state index contributed by atoms with van der Waals surface area (Å²) in [5, 5.41) is 41.6. The van der Waals surface area contributed by atoms with Gasteiger partial charge in [-0.25, -0.2) is 0 Å². The van der Waals surface area contributed by atoms with E-state index in [1.54, 1.807) is 13.8 Å². The van der Waals surface area contributed by atoms with Crippen molar-refractivity contribution in [3.63, 3.8) is 0 Å². The molecule has 4 N–H and O–H groups in total. The first-order valence-electron chi connectivity index (χ1n) is 17.1. The summed E-state index contributed by atoms with van der Waals surface area (Å²) in [6.07, 6.45) is 11.9. The van der Waals surface area contributed by atoms with Crippen molar-refractivity contribution in [1.82, 2.24) is 0 Å². The molecule has 0 bridgehead atoms. The lowest BCUT2D eigenvalue weighted by Crippen LogP contribution is -2.37. The van der Waals surface area contributed by atoms with Crippen molar-refractivity contribution in [2.45, 2.75) is 141 Å². The molecular weight excluding hydrogens is 448 g/mol. The highest BCUT2D eigenvalue weighted by Gasteiger charge is 2.51. The van der Waals surface area contributed by atoms with Gasteiger partial charge >= 0.3 is 0 Å². The van der Waals surface area contributed by atoms with Gasteiger partial charge in [0, 0.05) is 14.6 Å². The number of fused-ring (bicyclic) bond motifs is 1. The molecule has 0 aromatic carbocycles. The first-order chi connectivity index (χ1) is 19.2. The molecule has 0 saturated heterocycles. The zero-order valence-corrected chi connectivity index (χ0v) is 22.7. The molecule has 0 spiro atoms. The van der Waals surface area contributed by atoms with Crippen LogP contribution in [0.2, 0.25) is 0 Å². The molecule has 0 aromatic heterocycles. The maximum Gasteiger partial charge on any atom is 0.0811 e. The molecular formula is C32H54O4. The topological polar surface area (TPSA) is 80.9 Å². The van der Waals surface area contributed by atoms with Crippen LogP contribution in [0.1, 0.15) is 126 Å². The van der Waals surface area contributed by atoms with E-state index >= 15 is 0 Å². The molecule has 36 heavy (non-hydrogen) atoms. The summed E-state index contributed by atoms with van der Waals surface area (Å²) in [7, 11) is 0. The lowest BCUT2D eigenvalue weighted by molar-refractivity contribution is 0.0480. The maximum absolute atomic E-state index is 10.8. The van der Waals surface area contributed by atoms with E-state index in [4.69, 9.17) is 8.22 Å². The Kier molecular flexibility index (Phi) is 7.22. The van der Waals surface area contributed by atoms with E-state index in [0.717, 1.165) is 50.5 Å². The molecule has 0 heterocycles. The Bertz CT molecular complexity index is 994. The Morgan fingerprint density at radius 2 is 1.75 bits per heavy atom. The van der Waals surface area contributed by atoms with E-state index in [2.05, 4.69) is 19.6 Å². The second kappa shape index (κ2) is 11.8. The van der Waals surface area contributed by atoms with Crippen LogP contribution >= 0.6 is 0 Å². The van der Waals surface area contributed by atoms with Crippen LogP contribution in [0.4, 0.5) is 0 Å². The van der Waals surface area contributed by atoms with Crippen LogP contribution in [-0.4, -0.2) is 43.8 Å². The van der Waals surface area contributed by atoms with Gasteiger partial charge in [0.1, 0.15) is 0 Å². The molecule has 0 aliphatic heterocycles. The van der Waals surface area contributed by atoms with Crippen LogP contribution in [0.3, 0.4) is 0 Å². The molecule has 3 rings (SSSR count). The van der Waals surface area contributed by atoms with Crippen molar-refractivity contribution in [2.24, 2.45) is 23.2 Å². The second-order valence-electron chi connectivity index (χ2n) is 12.9. The van der Waals surface area contributed by atoms with E-state index in [9.17, 15) is 20.4 Å². The molecule has 6 atom stereocenters. The lowest BCUT2D eigenvalue weighted by Gasteiger charge is -2.45. The zero-order valence-electron chi connectivity index (χ0n) is 28.7. The summed E-state index contributed by atoms with van der Waals surface area (Å²) in [6.45, 7) is 4.00. The van der Waals surface area contributed by atoms with Crippen LogP contribution in [0, 0.1) is 23.2 Å². The monoisotopic (exact) mass is 508 g/mol. The van der Waals surface area contributed by atoms with Crippen molar-refractivity contribution in [3.8, 4) is 0 Å². The third kappa shape index (κ3) is 7.79. The quantitative estimate of drug-likeness (QED) is 0.267. The maximum atomic E-state index is 10.8. The SMILES string of the molecule is [2H]C([2H])([2H])C(O)(CCC[C@H](CCCC(C)(C)O)[C@H]1CC[C@H]2/C(=C/C=C3/C[C@@H](O)C[C@H](O)C3=C)CCC[C@]12C)C([2H])([2H])[2H]. The van der Waals surface area contributed by atoms with Crippen molar-refractivity contribution < 1.29 is 28.7 Å². The summed E-state index contributed by atoms with van der Waals surface area (Å²) < 4.78 is 46.5. The fourth-order valence-electron chi connectivity index (χ4n) is 7.48. The third-order valence-electron chi connectivity index (χ3n) is 9.35. The largest absolute Gasteiger partial charge is 0.393 e. The molecule has 4 heteroatoms. The molecule has 4 nitrogen and oxygen atoms in total. The first-order valence-corrected chi connectivity index (χ1v) is 14.1. The minimum Gasteiger partial charge on any atom is -0.393 e. The van der Waals surface area contributed by atoms with Crippen molar-refractivity contribution in [1.29, 1.82) is 0 Å². The Morgan fingerprint density at radius 3 is 2.39 bits per heavy atom. The fourth-order valence-corrected chi connectivity index (χ4v) is 7.48. The van der Waals surface area contributed by atoms with Gasteiger partial charge in [-0.3, -0.25) is 0 Å². The van der Waals surface area contributed by atoms with Gasteiger partial charge < -0.3 is 20.4 Å². The normalized spacial score (nSPS) is 38.0. The van der Waals surface area contributed by atoms with Gasteiger partial charge in [-0.2, -0.15) is 0 Å². The number of rotatable bonds is 10. The van der Waals surface area contributed by atoms with Crippen LogP contribution in [0.5, 0.6) is 0 Å². The van der Waals surface area contributed by atoms with Crippen LogP contribution < -0.4 is 0 Å². The summed E-state index contributed by atoms with van der Waals surface area (Å²) in [5.74, 6) is 0.974. The Labute approximate surface area is 229 Å². The van der Waals surface area contributed by atoms with Gasteiger partial charge in [0.25, 0.3) is 0 Å². The Balaban J connectivity index is 1.82. The van der Waals surface area contributed by atoms with Crippen molar-refractivity contribution in [3.05, 3.63) is 35.5 Å². The molecule has 206 valence electrons. The number of hydrogen-bond donors (Lipinski definition) is 4. The predicted molar refractivity (Wildman–Crippen MR) is 149 cm³/mol. The van der Waals surface area contributed by atoms with Gasteiger partial charge in [0.15, 0.2) is 0 Å². The minimum atomic E-state index is -3.01. The summed E-state index contributed by atoms with van der Waals surface area (Å²) in [6, 6.07) is 0. The summed E-state index contributed by atoms with van der Waals surface area (Å²) in [4.78, 5) is 0. The fraction of sp³-hybridized carbons (Fsp3) is 0.812. The van der Waals surface area contributed by atoms with E-state index in [1.165, 1.54) is 5.57 Å². The van der Waals surface area contributed by atoms with Crippen LogP contribution in [0.15, 0.2) is 35.5 Å². The minimum absolute atomic E-state index is 0.0367. The molecule has 0 unspecified atom stereocenters. The lowest BCUT2D eigenvalue weighted by atomic mass is 9.60. The number of aliphatic hydroxyl groups is 4. The zero-order chi connectivity index (χ0) is 31.7. The van der Waals surface area contributed by atoms with Gasteiger partial charge in [-0.05, 0) is 113 Å². The van der Waals surface area contributed by atoms with E-state index in [-0.39, 0.29) is 17.8 Å². The average molecular weight is 509 g/mol. The van der Waals surface area contributed by atoms with Gasteiger partial charge in [-0.1, -0.05) is 56.9 Å². The first kappa shape index (κ1) is 21.9. The van der Waals surface area contributed by atoms with Crippen molar-refractivity contribution >= 4 is 0 Å². The highest BCUT2D eigenvalue weighted by Crippen LogP contribution is 2.60. The molecule has 3 saturated carbocycles. The molecule has 0 radical (unpaired) electrons. The van der Waals surface area contributed by atoms with E-state index < -0.39 is 37.1 Å². The Morgan fingerprint density at radius 1 is 1.08 bits per heavy atom. The highest BCUT2D eigenvalue weighted by atomic mass is 16.3. The van der Waals surface area contributed by atoms with Gasteiger partial charge in [0.05, 0.1) is 23.4 Å². The number of aliphatic hydroxyl groups excluding tert-OH is 2. The van der Waals surface area contributed by atoms with Crippen molar-refractivity contribution in [2.75, 3.05) is 0 Å². The number of hydrogen-bond acceptors (Lipinski definition) is 4. The predicted octanol–water partition coefficient (Wildman–Crippen LogP) is 6.63. The van der Waals surface area contributed by atoms with Crippen LogP contribution in [-0.2, 0) is 0 Å². The summed E-state index contributed by atoms with van der Waals surface area (Å²) in [5.41, 5.74) is -0.520.